The van der Waals surface area contributed by atoms with E-state index in [2.05, 4.69) is 33.6 Å². The van der Waals surface area contributed by atoms with Crippen molar-refractivity contribution in [2.24, 2.45) is 5.41 Å². The van der Waals surface area contributed by atoms with Crippen LogP contribution >= 0.6 is 0 Å². The molecule has 2 aliphatic heterocycles. The van der Waals surface area contributed by atoms with Crippen LogP contribution in [0, 0.1) is 5.41 Å². The van der Waals surface area contributed by atoms with Crippen molar-refractivity contribution in [3.63, 3.8) is 0 Å². The molecule has 1 atom stereocenters. The van der Waals surface area contributed by atoms with Gasteiger partial charge in [0.25, 0.3) is 0 Å². The molecule has 2 aliphatic rings. The fourth-order valence-electron chi connectivity index (χ4n) is 4.34. The Morgan fingerprint density at radius 3 is 2.62 bits per heavy atom. The Balaban J connectivity index is 1.65. The number of ether oxygens (including phenoxy) is 2. The molecule has 0 radical (unpaired) electrons. The minimum absolute atomic E-state index is 0.432. The van der Waals surface area contributed by atoms with Gasteiger partial charge in [0.05, 0.1) is 13.7 Å². The zero-order chi connectivity index (χ0) is 17.2. The second-order valence-corrected chi connectivity index (χ2v) is 7.48. The van der Waals surface area contributed by atoms with Gasteiger partial charge < -0.3 is 14.4 Å². The Morgan fingerprint density at radius 2 is 2.00 bits per heavy atom. The van der Waals surface area contributed by atoms with E-state index in [1.165, 1.54) is 25.8 Å². The van der Waals surface area contributed by atoms with Crippen molar-refractivity contribution >= 4 is 5.82 Å². The molecular formula is C18H30N4O2. The first-order valence-corrected chi connectivity index (χ1v) is 8.92. The molecule has 0 N–H and O–H groups in total. The molecule has 24 heavy (non-hydrogen) atoms. The van der Waals surface area contributed by atoms with E-state index in [0.717, 1.165) is 25.5 Å². The van der Waals surface area contributed by atoms with Crippen molar-refractivity contribution < 1.29 is 9.47 Å². The molecule has 3 heterocycles. The van der Waals surface area contributed by atoms with Gasteiger partial charge in [0.1, 0.15) is 12.1 Å². The van der Waals surface area contributed by atoms with E-state index < -0.39 is 0 Å². The molecule has 6 nitrogen and oxygen atoms in total. The summed E-state index contributed by atoms with van der Waals surface area (Å²) in [6.45, 7) is 8.72. The number of nitrogens with zero attached hydrogens (tertiary/aromatic N) is 4. The summed E-state index contributed by atoms with van der Waals surface area (Å²) in [6, 6.07) is 3.07. The summed E-state index contributed by atoms with van der Waals surface area (Å²) in [5.41, 5.74) is 0.432. The van der Waals surface area contributed by atoms with Crippen molar-refractivity contribution in [1.82, 2.24) is 14.9 Å². The predicted molar refractivity (Wildman–Crippen MR) is 94.6 cm³/mol. The molecule has 1 aromatic heterocycles. The number of hydrogen-bond acceptors (Lipinski definition) is 6. The van der Waals surface area contributed by atoms with E-state index >= 15 is 0 Å². The van der Waals surface area contributed by atoms with Gasteiger partial charge in [0.2, 0.25) is 5.88 Å². The van der Waals surface area contributed by atoms with Crippen LogP contribution in [0.5, 0.6) is 5.88 Å². The Kier molecular flexibility index (Phi) is 5.25. The first-order chi connectivity index (χ1) is 11.6. The quantitative estimate of drug-likeness (QED) is 0.823. The van der Waals surface area contributed by atoms with Crippen molar-refractivity contribution in [1.29, 1.82) is 0 Å². The van der Waals surface area contributed by atoms with E-state index in [-0.39, 0.29) is 0 Å². The summed E-state index contributed by atoms with van der Waals surface area (Å²) >= 11 is 0. The average Bonchev–Trinajstić information content (AvgIpc) is 2.94. The lowest BCUT2D eigenvalue weighted by atomic mass is 9.76. The zero-order valence-corrected chi connectivity index (χ0v) is 15.4. The lowest BCUT2D eigenvalue weighted by Crippen LogP contribution is -2.43. The average molecular weight is 334 g/mol. The molecule has 6 heteroatoms. The van der Waals surface area contributed by atoms with Crippen molar-refractivity contribution in [3.8, 4) is 5.88 Å². The van der Waals surface area contributed by atoms with E-state index in [9.17, 15) is 0 Å². The molecule has 0 aliphatic carbocycles. The second-order valence-electron chi connectivity index (χ2n) is 7.48. The van der Waals surface area contributed by atoms with E-state index in [1.807, 2.05) is 13.2 Å². The van der Waals surface area contributed by atoms with Gasteiger partial charge >= 0.3 is 0 Å². The SMILES string of the molecule is COC[C@H]1CC2(CCN(c3cc(OC)ncn3)CC2)CN1C(C)C. The molecular weight excluding hydrogens is 304 g/mol. The molecule has 0 unspecified atom stereocenters. The fourth-order valence-corrected chi connectivity index (χ4v) is 4.34. The Hall–Kier alpha value is -1.40. The molecule has 0 saturated carbocycles. The molecule has 0 bridgehead atoms. The topological polar surface area (TPSA) is 50.7 Å². The van der Waals surface area contributed by atoms with Crippen LogP contribution in [-0.4, -0.2) is 67.4 Å². The van der Waals surface area contributed by atoms with Crippen molar-refractivity contribution in [3.05, 3.63) is 12.4 Å². The normalized spacial score (nSPS) is 24.0. The molecule has 3 rings (SSSR count). The summed E-state index contributed by atoms with van der Waals surface area (Å²) < 4.78 is 10.7. The second kappa shape index (κ2) is 7.23. The van der Waals surface area contributed by atoms with Gasteiger partial charge in [-0.15, -0.1) is 0 Å². The van der Waals surface area contributed by atoms with Gasteiger partial charge in [-0.3, -0.25) is 4.90 Å². The number of likely N-dealkylation sites (tertiary alicyclic amines) is 1. The largest absolute Gasteiger partial charge is 0.481 e. The minimum Gasteiger partial charge on any atom is -0.481 e. The Bertz CT molecular complexity index is 544. The molecule has 2 saturated heterocycles. The summed E-state index contributed by atoms with van der Waals surface area (Å²) in [7, 11) is 3.46. The lowest BCUT2D eigenvalue weighted by molar-refractivity contribution is 0.0975. The summed E-state index contributed by atoms with van der Waals surface area (Å²) in [5, 5.41) is 0. The number of rotatable bonds is 5. The van der Waals surface area contributed by atoms with Crippen LogP contribution in [-0.2, 0) is 4.74 Å². The molecule has 134 valence electrons. The van der Waals surface area contributed by atoms with Crippen LogP contribution in [0.25, 0.3) is 0 Å². The van der Waals surface area contributed by atoms with Gasteiger partial charge in [-0.2, -0.15) is 0 Å². The highest BCUT2D eigenvalue weighted by atomic mass is 16.5. The molecule has 2 fully saturated rings. The lowest BCUT2D eigenvalue weighted by Gasteiger charge is -2.40. The van der Waals surface area contributed by atoms with Crippen LogP contribution in [0.1, 0.15) is 33.1 Å². The summed E-state index contributed by atoms with van der Waals surface area (Å²) in [4.78, 5) is 13.5. The monoisotopic (exact) mass is 334 g/mol. The highest BCUT2D eigenvalue weighted by Crippen LogP contribution is 2.44. The fraction of sp³-hybridized carbons (Fsp3) is 0.778. The van der Waals surface area contributed by atoms with Crippen LogP contribution in [0.4, 0.5) is 5.82 Å². The van der Waals surface area contributed by atoms with Gasteiger partial charge in [-0.1, -0.05) is 0 Å². The van der Waals surface area contributed by atoms with Crippen LogP contribution < -0.4 is 9.64 Å². The van der Waals surface area contributed by atoms with Gasteiger partial charge in [0, 0.05) is 44.9 Å². The first kappa shape index (κ1) is 17.4. The van der Waals surface area contributed by atoms with E-state index in [4.69, 9.17) is 9.47 Å². The molecule has 1 spiro atoms. The third-order valence-corrected chi connectivity index (χ3v) is 5.66. The smallest absolute Gasteiger partial charge is 0.218 e. The van der Waals surface area contributed by atoms with Gasteiger partial charge in [-0.25, -0.2) is 9.97 Å². The number of anilines is 1. The van der Waals surface area contributed by atoms with Crippen LogP contribution in [0.15, 0.2) is 12.4 Å². The summed E-state index contributed by atoms with van der Waals surface area (Å²) in [5.74, 6) is 1.61. The number of methoxy groups -OCH3 is 2. The van der Waals surface area contributed by atoms with Crippen LogP contribution in [0.3, 0.4) is 0 Å². The zero-order valence-electron chi connectivity index (χ0n) is 15.4. The maximum Gasteiger partial charge on any atom is 0.218 e. The highest BCUT2D eigenvalue weighted by molar-refractivity contribution is 5.41. The third kappa shape index (κ3) is 3.49. The molecule has 0 aromatic carbocycles. The van der Waals surface area contributed by atoms with E-state index in [1.54, 1.807) is 13.4 Å². The number of hydrogen-bond donors (Lipinski definition) is 0. The number of aromatic nitrogens is 2. The van der Waals surface area contributed by atoms with Crippen molar-refractivity contribution in [2.75, 3.05) is 45.4 Å². The first-order valence-electron chi connectivity index (χ1n) is 8.92. The Morgan fingerprint density at radius 1 is 1.25 bits per heavy atom. The molecule has 0 amide bonds. The molecule has 1 aromatic rings. The Labute approximate surface area is 145 Å². The maximum absolute atomic E-state index is 5.47. The third-order valence-electron chi connectivity index (χ3n) is 5.66. The number of piperidine rings is 1. The minimum atomic E-state index is 0.432. The maximum atomic E-state index is 5.47. The standard InChI is InChI=1S/C18H30N4O2/c1-14(2)22-12-18(10-15(22)11-23-3)5-7-21(8-6-18)16-9-17(24-4)20-13-19-16/h9,13-15H,5-8,10-12H2,1-4H3/t15-/m1/s1. The predicted octanol–water partition coefficient (Wildman–Crippen LogP) is 2.20. The highest BCUT2D eigenvalue weighted by Gasteiger charge is 2.46. The van der Waals surface area contributed by atoms with Crippen LogP contribution in [0.2, 0.25) is 0 Å². The van der Waals surface area contributed by atoms with Gasteiger partial charge in [0.15, 0.2) is 0 Å². The van der Waals surface area contributed by atoms with E-state index in [0.29, 0.717) is 23.4 Å². The summed E-state index contributed by atoms with van der Waals surface area (Å²) in [6.07, 6.45) is 5.26. The van der Waals surface area contributed by atoms with Gasteiger partial charge in [-0.05, 0) is 38.5 Å². The van der Waals surface area contributed by atoms with Crippen molar-refractivity contribution in [2.45, 2.75) is 45.2 Å².